The molecule has 0 saturated carbocycles. The summed E-state index contributed by atoms with van der Waals surface area (Å²) in [6.07, 6.45) is 0.964. The molecule has 0 fully saturated rings. The van der Waals surface area contributed by atoms with E-state index in [2.05, 4.69) is 6.92 Å². The van der Waals surface area contributed by atoms with E-state index in [1.165, 1.54) is 12.1 Å². The fraction of sp³-hybridized carbons (Fsp3) is 0.455. The molecule has 0 aliphatic rings. The van der Waals surface area contributed by atoms with E-state index >= 15 is 0 Å². The molecule has 0 amide bonds. The van der Waals surface area contributed by atoms with Crippen molar-refractivity contribution >= 4 is 5.69 Å². The number of nitro benzene ring substituents is 1. The molecule has 1 rings (SSSR count). The number of non-ortho nitro benzene ring substituents is 1. The predicted octanol–water partition coefficient (Wildman–Crippen LogP) is 2.73. The third-order valence-corrected chi connectivity index (χ3v) is 2.44. The van der Waals surface area contributed by atoms with Gasteiger partial charge in [-0.3, -0.25) is 10.1 Å². The van der Waals surface area contributed by atoms with Crippen molar-refractivity contribution < 1.29 is 9.66 Å². The molecule has 1 aromatic carbocycles. The molecule has 82 valence electrons. The van der Waals surface area contributed by atoms with Gasteiger partial charge in [0.25, 0.3) is 5.69 Å². The largest absolute Gasteiger partial charge is 0.384 e. The Balaban J connectivity index is 2.81. The molecule has 15 heavy (non-hydrogen) atoms. The highest BCUT2D eigenvalue weighted by molar-refractivity contribution is 5.34. The molecule has 0 spiro atoms. The second-order valence-electron chi connectivity index (χ2n) is 3.41. The molecule has 0 bridgehead atoms. The molecule has 0 aromatic heterocycles. The van der Waals surface area contributed by atoms with Crippen LogP contribution in [-0.2, 0) is 4.74 Å². The minimum absolute atomic E-state index is 0.131. The summed E-state index contributed by atoms with van der Waals surface area (Å²) < 4.78 is 5.09. The zero-order valence-corrected chi connectivity index (χ0v) is 8.97. The topological polar surface area (TPSA) is 52.4 Å². The van der Waals surface area contributed by atoms with Crippen LogP contribution in [0.3, 0.4) is 0 Å². The molecular weight excluding hydrogens is 194 g/mol. The second kappa shape index (κ2) is 5.46. The van der Waals surface area contributed by atoms with Crippen LogP contribution >= 0.6 is 0 Å². The predicted molar refractivity (Wildman–Crippen MR) is 58.0 cm³/mol. The van der Waals surface area contributed by atoms with Crippen molar-refractivity contribution in [3.05, 3.63) is 39.9 Å². The first-order valence-electron chi connectivity index (χ1n) is 4.92. The van der Waals surface area contributed by atoms with Crippen molar-refractivity contribution in [3.8, 4) is 0 Å². The molecule has 1 atom stereocenters. The summed E-state index contributed by atoms with van der Waals surface area (Å²) in [4.78, 5) is 10.1. The maximum absolute atomic E-state index is 10.5. The van der Waals surface area contributed by atoms with Crippen LogP contribution in [0.25, 0.3) is 0 Å². The smallest absolute Gasteiger partial charge is 0.269 e. The quantitative estimate of drug-likeness (QED) is 0.553. The lowest BCUT2D eigenvalue weighted by atomic mass is 9.97. The first-order chi connectivity index (χ1) is 7.19. The number of ether oxygens (including phenoxy) is 1. The molecular formula is C11H15NO3. The normalized spacial score (nSPS) is 12.4. The van der Waals surface area contributed by atoms with E-state index in [1.54, 1.807) is 19.2 Å². The van der Waals surface area contributed by atoms with E-state index in [-0.39, 0.29) is 10.6 Å². The molecule has 4 heteroatoms. The highest BCUT2D eigenvalue weighted by Gasteiger charge is 2.11. The van der Waals surface area contributed by atoms with Gasteiger partial charge in [0.15, 0.2) is 0 Å². The van der Waals surface area contributed by atoms with Gasteiger partial charge in [-0.15, -0.1) is 0 Å². The third-order valence-electron chi connectivity index (χ3n) is 2.44. The average molecular weight is 209 g/mol. The fourth-order valence-electron chi connectivity index (χ4n) is 1.52. The number of nitro groups is 1. The maximum atomic E-state index is 10.5. The van der Waals surface area contributed by atoms with Gasteiger partial charge in [-0.2, -0.15) is 0 Å². The number of hydrogen-bond acceptors (Lipinski definition) is 3. The van der Waals surface area contributed by atoms with Gasteiger partial charge in [-0.05, 0) is 12.0 Å². The van der Waals surface area contributed by atoms with Gasteiger partial charge in [0.05, 0.1) is 11.5 Å². The van der Waals surface area contributed by atoms with Crippen LogP contribution in [0.2, 0.25) is 0 Å². The van der Waals surface area contributed by atoms with Crippen molar-refractivity contribution in [2.75, 3.05) is 13.7 Å². The summed E-state index contributed by atoms with van der Waals surface area (Å²) in [6, 6.07) is 6.66. The zero-order valence-electron chi connectivity index (χ0n) is 8.97. The zero-order chi connectivity index (χ0) is 11.3. The van der Waals surface area contributed by atoms with Gasteiger partial charge in [-0.25, -0.2) is 0 Å². The Morgan fingerprint density at radius 1 is 1.40 bits per heavy atom. The highest BCUT2D eigenvalue weighted by Crippen LogP contribution is 2.22. The third kappa shape index (κ3) is 3.02. The average Bonchev–Trinajstić information content (AvgIpc) is 2.26. The maximum Gasteiger partial charge on any atom is 0.269 e. The van der Waals surface area contributed by atoms with Crippen molar-refractivity contribution in [1.29, 1.82) is 0 Å². The number of hydrogen-bond donors (Lipinski definition) is 0. The first-order valence-corrected chi connectivity index (χ1v) is 4.92. The van der Waals surface area contributed by atoms with Gasteiger partial charge in [0.1, 0.15) is 0 Å². The second-order valence-corrected chi connectivity index (χ2v) is 3.41. The first kappa shape index (κ1) is 11.7. The van der Waals surface area contributed by atoms with Gasteiger partial charge in [0, 0.05) is 25.2 Å². The lowest BCUT2D eigenvalue weighted by molar-refractivity contribution is -0.384. The van der Waals surface area contributed by atoms with Crippen LogP contribution in [0.1, 0.15) is 24.8 Å². The van der Waals surface area contributed by atoms with Crippen molar-refractivity contribution in [2.24, 2.45) is 0 Å². The van der Waals surface area contributed by atoms with Crippen LogP contribution in [0.4, 0.5) is 5.69 Å². The molecule has 0 N–H and O–H groups in total. The Morgan fingerprint density at radius 2 is 2.00 bits per heavy atom. The Labute approximate surface area is 89.0 Å². The molecule has 0 heterocycles. The summed E-state index contributed by atoms with van der Waals surface area (Å²) in [5.41, 5.74) is 1.22. The lowest BCUT2D eigenvalue weighted by Crippen LogP contribution is -2.05. The van der Waals surface area contributed by atoms with Crippen LogP contribution in [0.15, 0.2) is 24.3 Å². The SMILES string of the molecule is CCC(COC)c1ccc([N+](=O)[O-])cc1. The van der Waals surface area contributed by atoms with E-state index < -0.39 is 0 Å². The van der Waals surface area contributed by atoms with Crippen molar-refractivity contribution in [3.63, 3.8) is 0 Å². The Hall–Kier alpha value is -1.42. The van der Waals surface area contributed by atoms with E-state index in [4.69, 9.17) is 4.74 Å². The molecule has 0 aliphatic carbocycles. The number of methoxy groups -OCH3 is 1. The molecule has 0 saturated heterocycles. The van der Waals surface area contributed by atoms with Gasteiger partial charge < -0.3 is 4.74 Å². The molecule has 0 aliphatic heterocycles. The van der Waals surface area contributed by atoms with E-state index in [9.17, 15) is 10.1 Å². The van der Waals surface area contributed by atoms with Gasteiger partial charge >= 0.3 is 0 Å². The summed E-state index contributed by atoms with van der Waals surface area (Å²) in [5.74, 6) is 0.316. The molecule has 0 radical (unpaired) electrons. The van der Waals surface area contributed by atoms with Crippen LogP contribution < -0.4 is 0 Å². The van der Waals surface area contributed by atoms with Gasteiger partial charge in [-0.1, -0.05) is 19.1 Å². The van der Waals surface area contributed by atoms with Crippen LogP contribution in [0, 0.1) is 10.1 Å². The molecule has 1 aromatic rings. The summed E-state index contributed by atoms with van der Waals surface area (Å²) >= 11 is 0. The van der Waals surface area contributed by atoms with Crippen LogP contribution in [-0.4, -0.2) is 18.6 Å². The number of nitrogens with zero attached hydrogens (tertiary/aromatic N) is 1. The fourth-order valence-corrected chi connectivity index (χ4v) is 1.52. The van der Waals surface area contributed by atoms with E-state index in [0.717, 1.165) is 12.0 Å². The Morgan fingerprint density at radius 3 is 2.40 bits per heavy atom. The molecule has 4 nitrogen and oxygen atoms in total. The summed E-state index contributed by atoms with van der Waals surface area (Å²) in [5, 5.41) is 10.5. The number of benzene rings is 1. The molecule has 1 unspecified atom stereocenters. The summed E-state index contributed by atoms with van der Waals surface area (Å²) in [7, 11) is 1.66. The monoisotopic (exact) mass is 209 g/mol. The minimum atomic E-state index is -0.388. The standard InChI is InChI=1S/C11H15NO3/c1-3-9(8-15-2)10-4-6-11(7-5-10)12(13)14/h4-7,9H,3,8H2,1-2H3. The lowest BCUT2D eigenvalue weighted by Gasteiger charge is -2.13. The highest BCUT2D eigenvalue weighted by atomic mass is 16.6. The minimum Gasteiger partial charge on any atom is -0.384 e. The van der Waals surface area contributed by atoms with E-state index in [1.807, 2.05) is 0 Å². The van der Waals surface area contributed by atoms with Crippen LogP contribution in [0.5, 0.6) is 0 Å². The summed E-state index contributed by atoms with van der Waals surface area (Å²) in [6.45, 7) is 2.72. The van der Waals surface area contributed by atoms with Gasteiger partial charge in [0.2, 0.25) is 0 Å². The Bertz CT molecular complexity index is 321. The van der Waals surface area contributed by atoms with Crippen molar-refractivity contribution in [2.45, 2.75) is 19.3 Å². The number of rotatable bonds is 5. The van der Waals surface area contributed by atoms with Crippen molar-refractivity contribution in [1.82, 2.24) is 0 Å². The Kier molecular flexibility index (Phi) is 4.24. The van der Waals surface area contributed by atoms with E-state index in [0.29, 0.717) is 12.5 Å².